The van der Waals surface area contributed by atoms with Crippen LogP contribution >= 0.6 is 0 Å². The van der Waals surface area contributed by atoms with Crippen LogP contribution in [0, 0.1) is 0 Å². The van der Waals surface area contributed by atoms with Crippen LogP contribution in [0.25, 0.3) is 0 Å². The summed E-state index contributed by atoms with van der Waals surface area (Å²) >= 11 is 0. The summed E-state index contributed by atoms with van der Waals surface area (Å²) < 4.78 is 67.1. The number of benzene rings is 1. The van der Waals surface area contributed by atoms with E-state index in [1.165, 1.54) is 28.8 Å². The smallest absolute Gasteiger partial charge is 0.406 e. The van der Waals surface area contributed by atoms with Crippen LogP contribution in [0.2, 0.25) is 0 Å². The second kappa shape index (κ2) is 6.34. The second-order valence-electron chi connectivity index (χ2n) is 5.33. The molecule has 0 saturated carbocycles. The first kappa shape index (κ1) is 16.6. The van der Waals surface area contributed by atoms with Crippen molar-refractivity contribution in [2.75, 3.05) is 6.54 Å². The third-order valence-corrected chi connectivity index (χ3v) is 3.62. The Balaban J connectivity index is 1.63. The molecule has 2 aromatic rings. The van der Waals surface area contributed by atoms with E-state index in [1.807, 2.05) is 4.90 Å². The van der Waals surface area contributed by atoms with Gasteiger partial charge in [0.1, 0.15) is 11.6 Å². The van der Waals surface area contributed by atoms with E-state index in [9.17, 15) is 22.0 Å². The van der Waals surface area contributed by atoms with Crippen molar-refractivity contribution in [3.8, 4) is 5.75 Å². The molecule has 0 amide bonds. The van der Waals surface area contributed by atoms with Crippen LogP contribution in [-0.4, -0.2) is 32.6 Å². The Kier molecular flexibility index (Phi) is 4.39. The minimum Gasteiger partial charge on any atom is -0.406 e. The SMILES string of the molecule is FC(F)c1nnc2n1CCN(Cc1ccc(OC(F)(F)F)cc1)C2. The van der Waals surface area contributed by atoms with Crippen molar-refractivity contribution < 1.29 is 26.7 Å². The molecule has 1 aromatic carbocycles. The normalized spacial score (nSPS) is 15.6. The number of alkyl halides is 5. The first-order chi connectivity index (χ1) is 11.3. The lowest BCUT2D eigenvalue weighted by Crippen LogP contribution is -2.34. The summed E-state index contributed by atoms with van der Waals surface area (Å²) in [4.78, 5) is 1.96. The molecule has 1 aromatic heterocycles. The molecule has 3 rings (SSSR count). The third kappa shape index (κ3) is 3.81. The molecule has 0 unspecified atom stereocenters. The average Bonchev–Trinajstić information content (AvgIpc) is 2.91. The first-order valence-electron chi connectivity index (χ1n) is 7.09. The number of rotatable bonds is 4. The molecule has 2 heterocycles. The van der Waals surface area contributed by atoms with Crippen LogP contribution in [0.1, 0.15) is 23.6 Å². The van der Waals surface area contributed by atoms with Crippen molar-refractivity contribution in [3.05, 3.63) is 41.5 Å². The first-order valence-corrected chi connectivity index (χ1v) is 7.09. The number of hydrogen-bond acceptors (Lipinski definition) is 4. The van der Waals surface area contributed by atoms with Gasteiger partial charge in [0.15, 0.2) is 5.82 Å². The van der Waals surface area contributed by atoms with Crippen molar-refractivity contribution >= 4 is 0 Å². The molecular formula is C14H13F5N4O. The quantitative estimate of drug-likeness (QED) is 0.797. The van der Waals surface area contributed by atoms with Crippen molar-refractivity contribution in [1.29, 1.82) is 0 Å². The third-order valence-electron chi connectivity index (χ3n) is 3.62. The highest BCUT2D eigenvalue weighted by Crippen LogP contribution is 2.24. The molecule has 0 bridgehead atoms. The predicted octanol–water partition coefficient (Wildman–Crippen LogP) is 3.13. The summed E-state index contributed by atoms with van der Waals surface area (Å²) in [6.07, 6.45) is -7.39. The zero-order valence-corrected chi connectivity index (χ0v) is 12.3. The predicted molar refractivity (Wildman–Crippen MR) is 72.2 cm³/mol. The Hall–Kier alpha value is -2.23. The van der Waals surface area contributed by atoms with Crippen LogP contribution in [0.3, 0.4) is 0 Å². The van der Waals surface area contributed by atoms with Crippen LogP contribution in [0.4, 0.5) is 22.0 Å². The lowest BCUT2D eigenvalue weighted by Gasteiger charge is -2.27. The molecule has 0 atom stereocenters. The monoisotopic (exact) mass is 348 g/mol. The highest BCUT2D eigenvalue weighted by molar-refractivity contribution is 5.27. The summed E-state index contributed by atoms with van der Waals surface area (Å²) in [7, 11) is 0. The maximum Gasteiger partial charge on any atom is 0.573 e. The van der Waals surface area contributed by atoms with Gasteiger partial charge >= 0.3 is 6.36 Å². The van der Waals surface area contributed by atoms with Gasteiger partial charge in [-0.2, -0.15) is 0 Å². The van der Waals surface area contributed by atoms with Gasteiger partial charge < -0.3 is 9.30 Å². The van der Waals surface area contributed by atoms with Gasteiger partial charge in [-0.25, -0.2) is 8.78 Å². The molecule has 0 aliphatic carbocycles. The van der Waals surface area contributed by atoms with Crippen LogP contribution in [-0.2, 0) is 19.6 Å². The standard InChI is InChI=1S/C14H13F5N4O/c15-12(16)13-21-20-11-8-22(5-6-23(11)13)7-9-1-3-10(4-2-9)24-14(17,18)19/h1-4,12H,5-8H2. The van der Waals surface area contributed by atoms with Gasteiger partial charge in [-0.05, 0) is 17.7 Å². The number of nitrogens with zero attached hydrogens (tertiary/aromatic N) is 4. The molecule has 1 aliphatic heterocycles. The summed E-state index contributed by atoms with van der Waals surface area (Å²) in [6.45, 7) is 1.67. The molecule has 1 aliphatic rings. The highest BCUT2D eigenvalue weighted by atomic mass is 19.4. The van der Waals surface area contributed by atoms with Gasteiger partial charge in [0.25, 0.3) is 6.43 Å². The van der Waals surface area contributed by atoms with Crippen molar-refractivity contribution in [2.45, 2.75) is 32.4 Å². The topological polar surface area (TPSA) is 43.2 Å². The number of aromatic nitrogens is 3. The highest BCUT2D eigenvalue weighted by Gasteiger charge is 2.31. The zero-order chi connectivity index (χ0) is 17.3. The maximum atomic E-state index is 12.8. The fourth-order valence-electron chi connectivity index (χ4n) is 2.58. The van der Waals surface area contributed by atoms with E-state index in [-0.39, 0.29) is 11.6 Å². The molecular weight excluding hydrogens is 335 g/mol. The van der Waals surface area contributed by atoms with Gasteiger partial charge in [-0.1, -0.05) is 12.1 Å². The van der Waals surface area contributed by atoms with Crippen LogP contribution < -0.4 is 4.74 Å². The molecule has 0 fully saturated rings. The van der Waals surface area contributed by atoms with Crippen molar-refractivity contribution in [1.82, 2.24) is 19.7 Å². The van der Waals surface area contributed by atoms with Crippen LogP contribution in [0.5, 0.6) is 5.75 Å². The van der Waals surface area contributed by atoms with E-state index in [4.69, 9.17) is 0 Å². The number of hydrogen-bond donors (Lipinski definition) is 0. The molecule has 24 heavy (non-hydrogen) atoms. The molecule has 0 spiro atoms. The Morgan fingerprint density at radius 3 is 2.42 bits per heavy atom. The van der Waals surface area contributed by atoms with Crippen molar-refractivity contribution in [2.24, 2.45) is 0 Å². The Morgan fingerprint density at radius 1 is 1.08 bits per heavy atom. The van der Waals surface area contributed by atoms with E-state index in [0.29, 0.717) is 32.0 Å². The lowest BCUT2D eigenvalue weighted by atomic mass is 10.2. The van der Waals surface area contributed by atoms with Gasteiger partial charge in [0.05, 0.1) is 6.54 Å². The number of halogens is 5. The average molecular weight is 348 g/mol. The lowest BCUT2D eigenvalue weighted by molar-refractivity contribution is -0.274. The molecule has 5 nitrogen and oxygen atoms in total. The van der Waals surface area contributed by atoms with Gasteiger partial charge in [0.2, 0.25) is 0 Å². The van der Waals surface area contributed by atoms with E-state index in [2.05, 4.69) is 14.9 Å². The second-order valence-corrected chi connectivity index (χ2v) is 5.33. The maximum absolute atomic E-state index is 12.8. The van der Waals surface area contributed by atoms with E-state index >= 15 is 0 Å². The van der Waals surface area contributed by atoms with Crippen molar-refractivity contribution in [3.63, 3.8) is 0 Å². The van der Waals surface area contributed by atoms with Gasteiger partial charge in [0, 0.05) is 19.6 Å². The molecule has 10 heteroatoms. The molecule has 0 saturated heterocycles. The minimum atomic E-state index is -4.72. The number of fused-ring (bicyclic) bond motifs is 1. The summed E-state index contributed by atoms with van der Waals surface area (Å²) in [6, 6.07) is 5.55. The minimum absolute atomic E-state index is 0.286. The van der Waals surface area contributed by atoms with E-state index in [1.54, 1.807) is 0 Å². The molecule has 0 radical (unpaired) electrons. The summed E-state index contributed by atoms with van der Waals surface area (Å²) in [5, 5.41) is 7.27. The van der Waals surface area contributed by atoms with Crippen LogP contribution in [0.15, 0.2) is 24.3 Å². The fraction of sp³-hybridized carbons (Fsp3) is 0.429. The van der Waals surface area contributed by atoms with E-state index in [0.717, 1.165) is 5.56 Å². The zero-order valence-electron chi connectivity index (χ0n) is 12.3. The van der Waals surface area contributed by atoms with E-state index < -0.39 is 12.8 Å². The Bertz CT molecular complexity index is 698. The van der Waals surface area contributed by atoms with Gasteiger partial charge in [-0.3, -0.25) is 4.90 Å². The fourth-order valence-corrected chi connectivity index (χ4v) is 2.58. The Labute approximate surface area is 133 Å². The molecule has 0 N–H and O–H groups in total. The largest absolute Gasteiger partial charge is 0.573 e. The molecule has 130 valence electrons. The summed E-state index contributed by atoms with van der Waals surface area (Å²) in [5.41, 5.74) is 0.784. The Morgan fingerprint density at radius 2 is 1.79 bits per heavy atom. The summed E-state index contributed by atoms with van der Waals surface area (Å²) in [5.74, 6) is -0.168. The number of ether oxygens (including phenoxy) is 1. The van der Waals surface area contributed by atoms with Gasteiger partial charge in [-0.15, -0.1) is 23.4 Å².